The zero-order chi connectivity index (χ0) is 16.1. The Kier molecular flexibility index (Phi) is 5.09. The van der Waals surface area contributed by atoms with Crippen LogP contribution in [0.3, 0.4) is 0 Å². The highest BCUT2D eigenvalue weighted by Gasteiger charge is 2.09. The number of nitrogen functional groups attached to an aromatic ring is 2. The maximum atomic E-state index is 5.92. The lowest BCUT2D eigenvalue weighted by molar-refractivity contribution is 0.386. The Bertz CT molecular complexity index is 727. The molecule has 3 aromatic rings. The summed E-state index contributed by atoms with van der Waals surface area (Å²) < 4.78 is 5.28. The minimum absolute atomic E-state index is 0.592. The molecule has 0 spiro atoms. The van der Waals surface area contributed by atoms with E-state index in [1.54, 1.807) is 23.5 Å². The molecule has 0 atom stereocenters. The molecule has 1 aromatic heterocycles. The van der Waals surface area contributed by atoms with E-state index in [0.29, 0.717) is 23.2 Å². The third-order valence-corrected chi connectivity index (χ3v) is 5.22. The zero-order valence-electron chi connectivity index (χ0n) is 12.3. The lowest BCUT2D eigenvalue weighted by Crippen LogP contribution is -1.90. The van der Waals surface area contributed by atoms with Crippen molar-refractivity contribution in [2.75, 3.05) is 11.5 Å². The second kappa shape index (κ2) is 7.43. The van der Waals surface area contributed by atoms with Gasteiger partial charge in [-0.2, -0.15) is 4.98 Å². The van der Waals surface area contributed by atoms with Crippen LogP contribution in [0.1, 0.15) is 11.7 Å². The van der Waals surface area contributed by atoms with Gasteiger partial charge in [-0.1, -0.05) is 29.4 Å². The van der Waals surface area contributed by atoms with E-state index in [1.807, 2.05) is 48.5 Å². The number of anilines is 2. The largest absolute Gasteiger partial charge is 0.398 e. The van der Waals surface area contributed by atoms with Crippen LogP contribution in [0.4, 0.5) is 11.4 Å². The molecule has 0 saturated carbocycles. The van der Waals surface area contributed by atoms with Gasteiger partial charge in [0.1, 0.15) is 0 Å². The molecular formula is C16H16N4OS2. The summed E-state index contributed by atoms with van der Waals surface area (Å²) in [5.74, 6) is 2.47. The fourth-order valence-corrected chi connectivity index (χ4v) is 3.53. The molecule has 5 nitrogen and oxygen atoms in total. The molecule has 0 bridgehead atoms. The number of hydrogen-bond donors (Lipinski definition) is 2. The lowest BCUT2D eigenvalue weighted by Gasteiger charge is -2.02. The SMILES string of the molecule is Nc1ccccc1SCc1noc(CSc2ccccc2N)n1. The van der Waals surface area contributed by atoms with Crippen LogP contribution in [0.25, 0.3) is 0 Å². The fourth-order valence-electron chi connectivity index (χ4n) is 1.91. The highest BCUT2D eigenvalue weighted by molar-refractivity contribution is 7.99. The van der Waals surface area contributed by atoms with Crippen molar-refractivity contribution in [3.05, 3.63) is 60.2 Å². The highest BCUT2D eigenvalue weighted by Crippen LogP contribution is 2.29. The monoisotopic (exact) mass is 344 g/mol. The van der Waals surface area contributed by atoms with Gasteiger partial charge >= 0.3 is 0 Å². The first kappa shape index (κ1) is 15.8. The number of rotatable bonds is 6. The Labute approximate surface area is 142 Å². The zero-order valence-corrected chi connectivity index (χ0v) is 13.9. The maximum Gasteiger partial charge on any atom is 0.237 e. The Morgan fingerprint density at radius 1 is 0.826 bits per heavy atom. The van der Waals surface area contributed by atoms with Crippen molar-refractivity contribution in [2.45, 2.75) is 21.3 Å². The molecular weight excluding hydrogens is 328 g/mol. The number of nitrogens with zero attached hydrogens (tertiary/aromatic N) is 2. The summed E-state index contributed by atoms with van der Waals surface area (Å²) in [6, 6.07) is 15.5. The van der Waals surface area contributed by atoms with E-state index in [-0.39, 0.29) is 0 Å². The van der Waals surface area contributed by atoms with Gasteiger partial charge in [0.25, 0.3) is 0 Å². The normalized spacial score (nSPS) is 10.8. The van der Waals surface area contributed by atoms with Gasteiger partial charge < -0.3 is 16.0 Å². The summed E-state index contributed by atoms with van der Waals surface area (Å²) in [4.78, 5) is 6.43. The first-order chi connectivity index (χ1) is 11.2. The second-order valence-corrected chi connectivity index (χ2v) is 6.79. The van der Waals surface area contributed by atoms with Crippen LogP contribution in [-0.2, 0) is 11.5 Å². The van der Waals surface area contributed by atoms with Crippen LogP contribution in [0.5, 0.6) is 0 Å². The van der Waals surface area contributed by atoms with Crippen molar-refractivity contribution in [1.29, 1.82) is 0 Å². The van der Waals surface area contributed by atoms with E-state index < -0.39 is 0 Å². The van der Waals surface area contributed by atoms with E-state index in [2.05, 4.69) is 10.1 Å². The van der Waals surface area contributed by atoms with Crippen LogP contribution in [0.2, 0.25) is 0 Å². The highest BCUT2D eigenvalue weighted by atomic mass is 32.2. The molecule has 4 N–H and O–H groups in total. The quantitative estimate of drug-likeness (QED) is 0.519. The van der Waals surface area contributed by atoms with E-state index in [0.717, 1.165) is 21.2 Å². The van der Waals surface area contributed by atoms with Crippen molar-refractivity contribution < 1.29 is 4.52 Å². The van der Waals surface area contributed by atoms with Gasteiger partial charge in [-0.05, 0) is 24.3 Å². The number of benzene rings is 2. The predicted molar refractivity (Wildman–Crippen MR) is 95.1 cm³/mol. The van der Waals surface area contributed by atoms with Crippen LogP contribution in [-0.4, -0.2) is 10.1 Å². The molecule has 3 rings (SSSR count). The smallest absolute Gasteiger partial charge is 0.237 e. The third kappa shape index (κ3) is 4.20. The van der Waals surface area contributed by atoms with Gasteiger partial charge in [-0.15, -0.1) is 23.5 Å². The molecule has 7 heteroatoms. The standard InChI is InChI=1S/C16H16N4OS2/c17-11-5-1-3-7-13(11)22-9-15-19-16(21-20-15)10-23-14-8-4-2-6-12(14)18/h1-8H,9-10,17-18H2. The van der Waals surface area contributed by atoms with Crippen LogP contribution < -0.4 is 11.5 Å². The second-order valence-electron chi connectivity index (χ2n) is 4.76. The minimum Gasteiger partial charge on any atom is -0.398 e. The van der Waals surface area contributed by atoms with E-state index >= 15 is 0 Å². The number of aromatic nitrogens is 2. The number of hydrogen-bond acceptors (Lipinski definition) is 7. The fraction of sp³-hybridized carbons (Fsp3) is 0.125. The molecule has 0 unspecified atom stereocenters. The average molecular weight is 344 g/mol. The van der Waals surface area contributed by atoms with Gasteiger partial charge in [-0.25, -0.2) is 0 Å². The van der Waals surface area contributed by atoms with E-state index in [1.165, 1.54) is 0 Å². The van der Waals surface area contributed by atoms with Crippen molar-refractivity contribution in [3.63, 3.8) is 0 Å². The van der Waals surface area contributed by atoms with Gasteiger partial charge in [0.05, 0.1) is 11.5 Å². The van der Waals surface area contributed by atoms with Gasteiger partial charge in [0.2, 0.25) is 5.89 Å². The van der Waals surface area contributed by atoms with Crippen molar-refractivity contribution in [1.82, 2.24) is 10.1 Å². The first-order valence-corrected chi connectivity index (χ1v) is 8.95. The van der Waals surface area contributed by atoms with Crippen LogP contribution in [0, 0.1) is 0 Å². The summed E-state index contributed by atoms with van der Waals surface area (Å²) in [5.41, 5.74) is 13.3. The van der Waals surface area contributed by atoms with Crippen LogP contribution >= 0.6 is 23.5 Å². The van der Waals surface area contributed by atoms with Crippen molar-refractivity contribution >= 4 is 34.9 Å². The van der Waals surface area contributed by atoms with Gasteiger partial charge in [0.15, 0.2) is 5.82 Å². The summed E-state index contributed by atoms with van der Waals surface area (Å²) in [5, 5.41) is 4.00. The van der Waals surface area contributed by atoms with E-state index in [4.69, 9.17) is 16.0 Å². The summed E-state index contributed by atoms with van der Waals surface area (Å²) >= 11 is 3.18. The molecule has 2 aromatic carbocycles. The Balaban J connectivity index is 1.56. The third-order valence-electron chi connectivity index (χ3n) is 3.06. The molecule has 0 fully saturated rings. The molecule has 0 aliphatic heterocycles. The Morgan fingerprint density at radius 2 is 1.39 bits per heavy atom. The van der Waals surface area contributed by atoms with Crippen LogP contribution in [0.15, 0.2) is 62.8 Å². The molecule has 23 heavy (non-hydrogen) atoms. The first-order valence-electron chi connectivity index (χ1n) is 6.98. The minimum atomic E-state index is 0.592. The lowest BCUT2D eigenvalue weighted by atomic mass is 10.3. The summed E-state index contributed by atoms with van der Waals surface area (Å²) in [6.45, 7) is 0. The topological polar surface area (TPSA) is 91.0 Å². The van der Waals surface area contributed by atoms with Gasteiger partial charge in [-0.3, -0.25) is 0 Å². The maximum absolute atomic E-state index is 5.92. The Hall–Kier alpha value is -2.12. The van der Waals surface area contributed by atoms with E-state index in [9.17, 15) is 0 Å². The molecule has 118 valence electrons. The summed E-state index contributed by atoms with van der Waals surface area (Å²) in [6.07, 6.45) is 0. The predicted octanol–water partition coefficient (Wildman–Crippen LogP) is 3.82. The molecule has 0 aliphatic carbocycles. The van der Waals surface area contributed by atoms with Gasteiger partial charge in [0, 0.05) is 21.2 Å². The van der Waals surface area contributed by atoms with Crippen molar-refractivity contribution in [2.24, 2.45) is 0 Å². The average Bonchev–Trinajstić information content (AvgIpc) is 3.01. The molecule has 1 heterocycles. The number of nitrogens with two attached hydrogens (primary N) is 2. The van der Waals surface area contributed by atoms with Crippen molar-refractivity contribution in [3.8, 4) is 0 Å². The molecule has 0 amide bonds. The number of para-hydroxylation sites is 2. The Morgan fingerprint density at radius 3 is 2.00 bits per heavy atom. The number of thioether (sulfide) groups is 2. The molecule has 0 saturated heterocycles. The molecule has 0 radical (unpaired) electrons. The molecule has 0 aliphatic rings. The summed E-state index contributed by atoms with van der Waals surface area (Å²) in [7, 11) is 0.